The maximum atomic E-state index is 11.2. The van der Waals surface area contributed by atoms with Gasteiger partial charge >= 0.3 is 5.97 Å². The first-order valence-electron chi connectivity index (χ1n) is 3.68. The van der Waals surface area contributed by atoms with Crippen LogP contribution in [0.2, 0.25) is 5.02 Å². The fraction of sp³-hybridized carbons (Fsp3) is 0.111. The summed E-state index contributed by atoms with van der Waals surface area (Å²) in [7, 11) is 1.34. The molecule has 5 heteroatoms. The van der Waals surface area contributed by atoms with Crippen molar-refractivity contribution in [3.05, 3.63) is 28.8 Å². The third-order valence-corrected chi connectivity index (χ3v) is 1.93. The zero-order valence-electron chi connectivity index (χ0n) is 7.28. The Kier molecular flexibility index (Phi) is 3.09. The molecule has 0 unspecified atom stereocenters. The number of hydrogen-bond acceptors (Lipinski definition) is 3. The molecular formula is C9H7ClO4. The highest BCUT2D eigenvalue weighted by Crippen LogP contribution is 2.26. The Morgan fingerprint density at radius 3 is 2.57 bits per heavy atom. The van der Waals surface area contributed by atoms with Crippen molar-refractivity contribution in [2.24, 2.45) is 0 Å². The predicted molar refractivity (Wildman–Crippen MR) is 50.0 cm³/mol. The maximum Gasteiger partial charge on any atom is 0.377 e. The van der Waals surface area contributed by atoms with Gasteiger partial charge in [-0.05, 0) is 12.1 Å². The molecule has 1 rings (SSSR count). The van der Waals surface area contributed by atoms with E-state index < -0.39 is 11.8 Å². The number of aliphatic carboxylic acids is 1. The van der Waals surface area contributed by atoms with Crippen molar-refractivity contribution in [2.75, 3.05) is 7.11 Å². The number of methoxy groups -OCH3 is 1. The molecule has 0 aliphatic rings. The molecule has 0 amide bonds. The average Bonchev–Trinajstić information content (AvgIpc) is 2.16. The molecule has 0 aliphatic carbocycles. The Bertz CT molecular complexity index is 386. The van der Waals surface area contributed by atoms with E-state index in [4.69, 9.17) is 21.4 Å². The molecule has 0 saturated carbocycles. The number of rotatable bonds is 3. The summed E-state index contributed by atoms with van der Waals surface area (Å²) in [6.45, 7) is 0. The second-order valence-electron chi connectivity index (χ2n) is 2.45. The van der Waals surface area contributed by atoms with Gasteiger partial charge in [0.05, 0.1) is 17.7 Å². The zero-order valence-corrected chi connectivity index (χ0v) is 8.04. The lowest BCUT2D eigenvalue weighted by atomic mass is 10.1. The van der Waals surface area contributed by atoms with Gasteiger partial charge in [-0.1, -0.05) is 17.7 Å². The Morgan fingerprint density at radius 1 is 1.43 bits per heavy atom. The number of ketones is 1. The molecule has 0 saturated heterocycles. The van der Waals surface area contributed by atoms with Gasteiger partial charge in [-0.2, -0.15) is 0 Å². The monoisotopic (exact) mass is 214 g/mol. The number of carboxylic acid groups (broad SMARTS) is 1. The molecule has 74 valence electrons. The van der Waals surface area contributed by atoms with Crippen LogP contribution in [0.3, 0.4) is 0 Å². The average molecular weight is 215 g/mol. The van der Waals surface area contributed by atoms with E-state index in [1.165, 1.54) is 19.2 Å². The first kappa shape index (κ1) is 10.5. The van der Waals surface area contributed by atoms with Crippen molar-refractivity contribution in [1.29, 1.82) is 0 Å². The van der Waals surface area contributed by atoms with Crippen LogP contribution in [-0.2, 0) is 4.79 Å². The Labute approximate surface area is 85.1 Å². The van der Waals surface area contributed by atoms with E-state index in [-0.39, 0.29) is 16.3 Å². The van der Waals surface area contributed by atoms with Crippen molar-refractivity contribution < 1.29 is 19.4 Å². The third-order valence-electron chi connectivity index (χ3n) is 1.62. The molecular weight excluding hydrogens is 208 g/mol. The van der Waals surface area contributed by atoms with E-state index in [1.54, 1.807) is 6.07 Å². The fourth-order valence-electron chi connectivity index (χ4n) is 1.00. The van der Waals surface area contributed by atoms with E-state index in [2.05, 4.69) is 0 Å². The van der Waals surface area contributed by atoms with E-state index in [0.717, 1.165) is 0 Å². The van der Waals surface area contributed by atoms with Crippen molar-refractivity contribution in [2.45, 2.75) is 0 Å². The standard InChI is InChI=1S/C9H7ClO4/c1-14-6-4-2-3-5(10)7(6)8(11)9(12)13/h2-4H,1H3,(H,12,13). The Morgan fingerprint density at radius 2 is 2.07 bits per heavy atom. The summed E-state index contributed by atoms with van der Waals surface area (Å²) in [6.07, 6.45) is 0. The van der Waals surface area contributed by atoms with Gasteiger partial charge in [0.15, 0.2) is 0 Å². The summed E-state index contributed by atoms with van der Waals surface area (Å²) in [5, 5.41) is 8.58. The molecule has 0 aromatic heterocycles. The number of Topliss-reactive ketones (excluding diaryl/α,β-unsaturated/α-hetero) is 1. The van der Waals surface area contributed by atoms with Crippen LogP contribution in [-0.4, -0.2) is 24.0 Å². The molecule has 1 N–H and O–H groups in total. The Hall–Kier alpha value is -1.55. The van der Waals surface area contributed by atoms with Gasteiger partial charge in [0.2, 0.25) is 0 Å². The van der Waals surface area contributed by atoms with Crippen LogP contribution in [0.1, 0.15) is 10.4 Å². The highest BCUT2D eigenvalue weighted by atomic mass is 35.5. The minimum Gasteiger partial charge on any atom is -0.496 e. The molecule has 14 heavy (non-hydrogen) atoms. The Balaban J connectivity index is 3.30. The van der Waals surface area contributed by atoms with Crippen LogP contribution in [0, 0.1) is 0 Å². The van der Waals surface area contributed by atoms with Gasteiger partial charge in [-0.25, -0.2) is 4.79 Å². The maximum absolute atomic E-state index is 11.2. The second-order valence-corrected chi connectivity index (χ2v) is 2.86. The van der Waals surface area contributed by atoms with Crippen LogP contribution in [0.25, 0.3) is 0 Å². The first-order chi connectivity index (χ1) is 6.57. The number of benzene rings is 1. The number of carbonyl (C=O) groups excluding carboxylic acids is 1. The lowest BCUT2D eigenvalue weighted by Gasteiger charge is -2.06. The molecule has 1 aromatic rings. The van der Waals surface area contributed by atoms with E-state index in [1.807, 2.05) is 0 Å². The molecule has 0 spiro atoms. The molecule has 4 nitrogen and oxygen atoms in total. The highest BCUT2D eigenvalue weighted by Gasteiger charge is 2.22. The number of hydrogen-bond donors (Lipinski definition) is 1. The van der Waals surface area contributed by atoms with Crippen molar-refractivity contribution in [1.82, 2.24) is 0 Å². The zero-order chi connectivity index (χ0) is 10.7. The van der Waals surface area contributed by atoms with E-state index in [9.17, 15) is 9.59 Å². The van der Waals surface area contributed by atoms with Crippen LogP contribution in [0.5, 0.6) is 5.75 Å². The number of carboxylic acids is 1. The van der Waals surface area contributed by atoms with Crippen LogP contribution in [0.4, 0.5) is 0 Å². The largest absolute Gasteiger partial charge is 0.496 e. The quantitative estimate of drug-likeness (QED) is 0.613. The molecule has 0 bridgehead atoms. The molecule has 0 heterocycles. The van der Waals surface area contributed by atoms with E-state index >= 15 is 0 Å². The van der Waals surface area contributed by atoms with Gasteiger partial charge in [0.1, 0.15) is 5.75 Å². The first-order valence-corrected chi connectivity index (χ1v) is 4.06. The minimum atomic E-state index is -1.56. The molecule has 0 atom stereocenters. The number of ether oxygens (including phenoxy) is 1. The summed E-state index contributed by atoms with van der Waals surface area (Å²) in [5.41, 5.74) is -0.121. The third kappa shape index (κ3) is 1.85. The minimum absolute atomic E-state index is 0.0664. The second kappa shape index (κ2) is 4.11. The van der Waals surface area contributed by atoms with Crippen LogP contribution >= 0.6 is 11.6 Å². The van der Waals surface area contributed by atoms with Gasteiger partial charge in [0, 0.05) is 0 Å². The topological polar surface area (TPSA) is 63.6 Å². The molecule has 0 radical (unpaired) electrons. The normalized spacial score (nSPS) is 9.57. The highest BCUT2D eigenvalue weighted by molar-refractivity contribution is 6.45. The smallest absolute Gasteiger partial charge is 0.377 e. The SMILES string of the molecule is COc1cccc(Cl)c1C(=O)C(=O)O. The van der Waals surface area contributed by atoms with Crippen molar-refractivity contribution in [3.63, 3.8) is 0 Å². The predicted octanol–water partition coefficient (Wildman–Crippen LogP) is 1.62. The van der Waals surface area contributed by atoms with Gasteiger partial charge in [0.25, 0.3) is 5.78 Å². The van der Waals surface area contributed by atoms with Gasteiger partial charge < -0.3 is 9.84 Å². The summed E-state index contributed by atoms with van der Waals surface area (Å²) < 4.78 is 4.83. The lowest BCUT2D eigenvalue weighted by molar-refractivity contribution is -0.131. The van der Waals surface area contributed by atoms with Crippen LogP contribution in [0.15, 0.2) is 18.2 Å². The van der Waals surface area contributed by atoms with Crippen molar-refractivity contribution >= 4 is 23.4 Å². The molecule has 0 fully saturated rings. The fourth-order valence-corrected chi connectivity index (χ4v) is 1.25. The summed E-state index contributed by atoms with van der Waals surface area (Å²) >= 11 is 5.68. The summed E-state index contributed by atoms with van der Waals surface area (Å²) in [4.78, 5) is 21.6. The molecule has 1 aromatic carbocycles. The van der Waals surface area contributed by atoms with E-state index in [0.29, 0.717) is 0 Å². The van der Waals surface area contributed by atoms with Gasteiger partial charge in [-0.15, -0.1) is 0 Å². The number of halogens is 1. The summed E-state index contributed by atoms with van der Waals surface area (Å²) in [6, 6.07) is 4.47. The van der Waals surface area contributed by atoms with Gasteiger partial charge in [-0.3, -0.25) is 4.79 Å². The summed E-state index contributed by atoms with van der Waals surface area (Å²) in [5.74, 6) is -2.48. The lowest BCUT2D eigenvalue weighted by Crippen LogP contribution is -2.14. The van der Waals surface area contributed by atoms with Crippen molar-refractivity contribution in [3.8, 4) is 5.75 Å². The number of carbonyl (C=O) groups is 2. The van der Waals surface area contributed by atoms with Crippen LogP contribution < -0.4 is 4.74 Å². The molecule has 0 aliphatic heterocycles.